The molecule has 0 aromatic heterocycles. The molecule has 0 unspecified atom stereocenters. The summed E-state index contributed by atoms with van der Waals surface area (Å²) in [5, 5.41) is 11.7. The van der Waals surface area contributed by atoms with Gasteiger partial charge in [0.05, 0.1) is 24.9 Å². The van der Waals surface area contributed by atoms with E-state index in [0.29, 0.717) is 5.56 Å². The van der Waals surface area contributed by atoms with Crippen molar-refractivity contribution in [3.05, 3.63) is 52.6 Å². The van der Waals surface area contributed by atoms with Crippen molar-refractivity contribution in [2.75, 3.05) is 19.1 Å². The van der Waals surface area contributed by atoms with E-state index in [0.717, 1.165) is 4.90 Å². The molecule has 0 spiro atoms. The summed E-state index contributed by atoms with van der Waals surface area (Å²) in [6.07, 6.45) is 1.32. The highest BCUT2D eigenvalue weighted by molar-refractivity contribution is 6.39. The number of ether oxygens (including phenoxy) is 2. The number of anilines is 1. The van der Waals surface area contributed by atoms with Crippen LogP contribution in [0.25, 0.3) is 6.08 Å². The van der Waals surface area contributed by atoms with Crippen LogP contribution in [-0.4, -0.2) is 37.2 Å². The topological polar surface area (TPSA) is 105 Å². The number of phenolic OH excluding ortho intramolecular Hbond substituents is 1. The van der Waals surface area contributed by atoms with Crippen molar-refractivity contribution in [3.63, 3.8) is 0 Å². The zero-order valence-electron chi connectivity index (χ0n) is 14.9. The molecule has 0 radical (unpaired) electrons. The predicted molar refractivity (Wildman–Crippen MR) is 102 cm³/mol. The third kappa shape index (κ3) is 3.49. The first-order chi connectivity index (χ1) is 13.3. The number of hydrogen-bond acceptors (Lipinski definition) is 6. The highest BCUT2D eigenvalue weighted by Gasteiger charge is 2.38. The summed E-state index contributed by atoms with van der Waals surface area (Å²) >= 11 is 6.07. The number of amides is 4. The molecule has 3 rings (SSSR count). The van der Waals surface area contributed by atoms with Gasteiger partial charge < -0.3 is 14.6 Å². The second-order valence-corrected chi connectivity index (χ2v) is 6.12. The minimum absolute atomic E-state index is 0.0383. The number of methoxy groups -OCH3 is 2. The number of urea groups is 1. The first-order valence-corrected chi connectivity index (χ1v) is 8.35. The number of imide groups is 2. The highest BCUT2D eigenvalue weighted by atomic mass is 35.5. The van der Waals surface area contributed by atoms with Gasteiger partial charge in [0, 0.05) is 12.1 Å². The molecule has 4 amide bonds. The Bertz CT molecular complexity index is 1000. The van der Waals surface area contributed by atoms with E-state index >= 15 is 0 Å². The van der Waals surface area contributed by atoms with Crippen LogP contribution in [0.15, 0.2) is 42.0 Å². The second kappa shape index (κ2) is 7.61. The lowest BCUT2D eigenvalue weighted by atomic mass is 10.1. The summed E-state index contributed by atoms with van der Waals surface area (Å²) < 4.78 is 10.4. The zero-order chi connectivity index (χ0) is 20.4. The Morgan fingerprint density at radius 1 is 1.04 bits per heavy atom. The lowest BCUT2D eigenvalue weighted by molar-refractivity contribution is -0.122. The minimum atomic E-state index is -0.930. The molecule has 0 bridgehead atoms. The minimum Gasteiger partial charge on any atom is -0.508 e. The molecule has 144 valence electrons. The second-order valence-electron chi connectivity index (χ2n) is 5.71. The number of rotatable bonds is 4. The molecule has 0 atom stereocenters. The average molecular weight is 403 g/mol. The van der Waals surface area contributed by atoms with Crippen LogP contribution in [-0.2, 0) is 9.59 Å². The number of carbonyl (C=O) groups is 3. The van der Waals surface area contributed by atoms with E-state index in [1.54, 1.807) is 0 Å². The number of aromatic hydroxyl groups is 1. The third-order valence-corrected chi connectivity index (χ3v) is 4.30. The summed E-state index contributed by atoms with van der Waals surface area (Å²) in [6, 6.07) is 7.70. The van der Waals surface area contributed by atoms with Crippen LogP contribution in [0.3, 0.4) is 0 Å². The van der Waals surface area contributed by atoms with Crippen LogP contribution >= 0.6 is 11.6 Å². The number of carbonyl (C=O) groups excluding carboxylic acids is 3. The van der Waals surface area contributed by atoms with E-state index < -0.39 is 17.8 Å². The summed E-state index contributed by atoms with van der Waals surface area (Å²) in [5.74, 6) is -1.27. The van der Waals surface area contributed by atoms with Crippen molar-refractivity contribution in [2.45, 2.75) is 0 Å². The maximum Gasteiger partial charge on any atom is 0.336 e. The van der Waals surface area contributed by atoms with E-state index in [1.165, 1.54) is 56.7 Å². The van der Waals surface area contributed by atoms with Crippen LogP contribution < -0.4 is 19.7 Å². The van der Waals surface area contributed by atoms with Crippen LogP contribution in [0.2, 0.25) is 5.02 Å². The fourth-order valence-corrected chi connectivity index (χ4v) is 2.86. The van der Waals surface area contributed by atoms with Gasteiger partial charge in [-0.15, -0.1) is 0 Å². The molecule has 1 aliphatic heterocycles. The Morgan fingerprint density at radius 2 is 1.68 bits per heavy atom. The largest absolute Gasteiger partial charge is 0.508 e. The van der Waals surface area contributed by atoms with Crippen molar-refractivity contribution in [2.24, 2.45) is 0 Å². The number of hydrogen-bond donors (Lipinski definition) is 2. The number of benzene rings is 2. The molecule has 2 aromatic rings. The summed E-state index contributed by atoms with van der Waals surface area (Å²) in [7, 11) is 2.74. The van der Waals surface area contributed by atoms with Gasteiger partial charge in [-0.2, -0.15) is 0 Å². The number of nitrogens with zero attached hydrogens (tertiary/aromatic N) is 1. The van der Waals surface area contributed by atoms with Crippen LogP contribution in [0.4, 0.5) is 10.5 Å². The van der Waals surface area contributed by atoms with E-state index in [9.17, 15) is 19.5 Å². The fourth-order valence-electron chi connectivity index (χ4n) is 2.63. The number of barbiturate groups is 1. The van der Waals surface area contributed by atoms with Gasteiger partial charge in [0.1, 0.15) is 22.8 Å². The van der Waals surface area contributed by atoms with Crippen LogP contribution in [0.1, 0.15) is 5.56 Å². The first kappa shape index (κ1) is 19.2. The lowest BCUT2D eigenvalue weighted by Gasteiger charge is -2.28. The number of nitrogens with one attached hydrogen (secondary N) is 1. The van der Waals surface area contributed by atoms with Crippen molar-refractivity contribution in [1.82, 2.24) is 5.32 Å². The Morgan fingerprint density at radius 3 is 2.29 bits per heavy atom. The standard InChI is InChI=1S/C19H15ClN2O6/c1-27-15-9-14(16(28-2)8-13(15)20)22-18(25)12(17(24)21-19(22)26)7-10-3-5-11(23)6-4-10/h3-9,23H,1-2H3,(H,21,24,26)/b12-7+. The van der Waals surface area contributed by atoms with Gasteiger partial charge in [-0.05, 0) is 23.8 Å². The molecule has 1 saturated heterocycles. The van der Waals surface area contributed by atoms with E-state index in [1.807, 2.05) is 0 Å². The zero-order valence-corrected chi connectivity index (χ0v) is 15.6. The number of phenols is 1. The lowest BCUT2D eigenvalue weighted by Crippen LogP contribution is -2.54. The molecule has 2 aromatic carbocycles. The highest BCUT2D eigenvalue weighted by Crippen LogP contribution is 2.39. The summed E-state index contributed by atoms with van der Waals surface area (Å²) in [5.41, 5.74) is 0.294. The maximum atomic E-state index is 13.0. The molecule has 1 heterocycles. The number of halogens is 1. The predicted octanol–water partition coefficient (Wildman–Crippen LogP) is 2.73. The summed E-state index contributed by atoms with van der Waals surface area (Å²) in [6.45, 7) is 0. The van der Waals surface area contributed by atoms with Crippen LogP contribution in [0.5, 0.6) is 17.2 Å². The van der Waals surface area contributed by atoms with Gasteiger partial charge in [0.2, 0.25) is 0 Å². The Labute approximate surface area is 164 Å². The van der Waals surface area contributed by atoms with Crippen molar-refractivity contribution in [1.29, 1.82) is 0 Å². The van der Waals surface area contributed by atoms with Crippen molar-refractivity contribution in [3.8, 4) is 17.2 Å². The SMILES string of the molecule is COc1cc(N2C(=O)NC(=O)/C(=C\c3ccc(O)cc3)C2=O)c(OC)cc1Cl. The molecule has 0 aliphatic carbocycles. The average Bonchev–Trinajstić information content (AvgIpc) is 2.67. The molecule has 2 N–H and O–H groups in total. The molecular weight excluding hydrogens is 388 g/mol. The smallest absolute Gasteiger partial charge is 0.336 e. The monoisotopic (exact) mass is 402 g/mol. The van der Waals surface area contributed by atoms with Gasteiger partial charge in [-0.25, -0.2) is 9.69 Å². The molecule has 8 nitrogen and oxygen atoms in total. The molecule has 1 fully saturated rings. The Balaban J connectivity index is 2.09. The quantitative estimate of drug-likeness (QED) is 0.601. The van der Waals surface area contributed by atoms with E-state index in [-0.39, 0.29) is 33.5 Å². The van der Waals surface area contributed by atoms with Crippen molar-refractivity contribution < 1.29 is 29.0 Å². The molecular formula is C19H15ClN2O6. The maximum absolute atomic E-state index is 13.0. The van der Waals surface area contributed by atoms with Crippen LogP contribution in [0, 0.1) is 0 Å². The fraction of sp³-hybridized carbons (Fsp3) is 0.105. The van der Waals surface area contributed by atoms with Gasteiger partial charge in [0.15, 0.2) is 0 Å². The molecule has 28 heavy (non-hydrogen) atoms. The van der Waals surface area contributed by atoms with Gasteiger partial charge in [0.25, 0.3) is 11.8 Å². The Kier molecular flexibility index (Phi) is 5.23. The molecule has 0 saturated carbocycles. The van der Waals surface area contributed by atoms with Gasteiger partial charge in [-0.3, -0.25) is 14.9 Å². The molecule has 9 heteroatoms. The molecule has 1 aliphatic rings. The first-order valence-electron chi connectivity index (χ1n) is 7.97. The van der Waals surface area contributed by atoms with Gasteiger partial charge in [-0.1, -0.05) is 23.7 Å². The van der Waals surface area contributed by atoms with Crippen molar-refractivity contribution >= 4 is 41.2 Å². The van der Waals surface area contributed by atoms with E-state index in [4.69, 9.17) is 21.1 Å². The summed E-state index contributed by atoms with van der Waals surface area (Å²) in [4.78, 5) is 38.4. The van der Waals surface area contributed by atoms with Gasteiger partial charge >= 0.3 is 6.03 Å². The van der Waals surface area contributed by atoms with E-state index in [2.05, 4.69) is 5.32 Å². The Hall–Kier alpha value is -3.52. The third-order valence-electron chi connectivity index (χ3n) is 4.00. The normalized spacial score (nSPS) is 15.6.